The lowest BCUT2D eigenvalue weighted by molar-refractivity contribution is 1.03. The van der Waals surface area contributed by atoms with Gasteiger partial charge >= 0.3 is 0 Å². The second kappa shape index (κ2) is 3.55. The van der Waals surface area contributed by atoms with E-state index < -0.39 is 0 Å². The lowest BCUT2D eigenvalue weighted by Gasteiger charge is -2.03. The molecule has 0 atom stereocenters. The van der Waals surface area contributed by atoms with Crippen LogP contribution < -0.4 is 5.73 Å². The number of hydrogen-bond acceptors (Lipinski definition) is 4. The molecule has 17 heavy (non-hydrogen) atoms. The SMILES string of the molecule is Cc1cc(-c2ccc3nc[nH]c3c2)nnc1N. The largest absolute Gasteiger partial charge is 0.382 e. The molecule has 3 rings (SSSR count). The number of hydrogen-bond donors (Lipinski definition) is 2. The molecule has 0 spiro atoms. The Labute approximate surface area is 97.7 Å². The van der Waals surface area contributed by atoms with Gasteiger partial charge < -0.3 is 10.7 Å². The average Bonchev–Trinajstić information content (AvgIpc) is 2.79. The summed E-state index contributed by atoms with van der Waals surface area (Å²) in [6, 6.07) is 7.86. The van der Waals surface area contributed by atoms with E-state index in [2.05, 4.69) is 20.2 Å². The van der Waals surface area contributed by atoms with Crippen molar-refractivity contribution in [1.82, 2.24) is 20.2 Å². The van der Waals surface area contributed by atoms with Gasteiger partial charge in [0.2, 0.25) is 0 Å². The Morgan fingerprint density at radius 3 is 2.88 bits per heavy atom. The Kier molecular flexibility index (Phi) is 2.04. The molecule has 5 nitrogen and oxygen atoms in total. The molecule has 2 aromatic heterocycles. The number of aromatic amines is 1. The van der Waals surface area contributed by atoms with Crippen molar-refractivity contribution in [2.75, 3.05) is 5.73 Å². The topological polar surface area (TPSA) is 80.5 Å². The molecule has 0 aliphatic heterocycles. The first-order chi connectivity index (χ1) is 8.24. The zero-order chi connectivity index (χ0) is 11.8. The zero-order valence-electron chi connectivity index (χ0n) is 9.31. The third kappa shape index (κ3) is 1.61. The predicted octanol–water partition coefficient (Wildman–Crippen LogP) is 1.91. The smallest absolute Gasteiger partial charge is 0.149 e. The van der Waals surface area contributed by atoms with Crippen molar-refractivity contribution < 1.29 is 0 Å². The average molecular weight is 225 g/mol. The number of aryl methyl sites for hydroxylation is 1. The number of rotatable bonds is 1. The van der Waals surface area contributed by atoms with Crippen molar-refractivity contribution >= 4 is 16.9 Å². The fourth-order valence-electron chi connectivity index (χ4n) is 1.73. The Morgan fingerprint density at radius 1 is 1.18 bits per heavy atom. The number of aromatic nitrogens is 4. The first-order valence-electron chi connectivity index (χ1n) is 5.27. The van der Waals surface area contributed by atoms with Crippen molar-refractivity contribution in [3.8, 4) is 11.3 Å². The number of benzene rings is 1. The maximum atomic E-state index is 5.65. The van der Waals surface area contributed by atoms with Crippen molar-refractivity contribution in [3.63, 3.8) is 0 Å². The quantitative estimate of drug-likeness (QED) is 0.663. The van der Waals surface area contributed by atoms with Crippen LogP contribution in [0.3, 0.4) is 0 Å². The lowest BCUT2D eigenvalue weighted by atomic mass is 10.1. The summed E-state index contributed by atoms with van der Waals surface area (Å²) in [4.78, 5) is 7.25. The Morgan fingerprint density at radius 2 is 2.06 bits per heavy atom. The summed E-state index contributed by atoms with van der Waals surface area (Å²) in [5, 5.41) is 8.02. The molecule has 0 radical (unpaired) electrons. The number of nitrogens with one attached hydrogen (secondary N) is 1. The monoisotopic (exact) mass is 225 g/mol. The van der Waals surface area contributed by atoms with Gasteiger partial charge in [0, 0.05) is 5.56 Å². The minimum atomic E-state index is 0.469. The van der Waals surface area contributed by atoms with Gasteiger partial charge in [-0.3, -0.25) is 0 Å². The number of nitrogens with two attached hydrogens (primary N) is 1. The molecule has 0 saturated heterocycles. The highest BCUT2D eigenvalue weighted by atomic mass is 15.1. The minimum Gasteiger partial charge on any atom is -0.382 e. The van der Waals surface area contributed by atoms with E-state index in [1.54, 1.807) is 6.33 Å². The zero-order valence-corrected chi connectivity index (χ0v) is 9.31. The highest BCUT2D eigenvalue weighted by Crippen LogP contribution is 2.22. The predicted molar refractivity (Wildman–Crippen MR) is 66.3 cm³/mol. The van der Waals surface area contributed by atoms with Gasteiger partial charge in [-0.1, -0.05) is 6.07 Å². The van der Waals surface area contributed by atoms with E-state index in [1.807, 2.05) is 31.2 Å². The van der Waals surface area contributed by atoms with Crippen LogP contribution in [0.25, 0.3) is 22.3 Å². The second-order valence-corrected chi connectivity index (χ2v) is 3.93. The molecule has 3 N–H and O–H groups in total. The van der Waals surface area contributed by atoms with Crippen LogP contribution >= 0.6 is 0 Å². The molecule has 1 aromatic carbocycles. The van der Waals surface area contributed by atoms with Crippen LogP contribution in [-0.4, -0.2) is 20.2 Å². The van der Waals surface area contributed by atoms with Crippen LogP contribution in [0.15, 0.2) is 30.6 Å². The Bertz CT molecular complexity index is 686. The molecule has 0 fully saturated rings. The molecular formula is C12H11N5. The fourth-order valence-corrected chi connectivity index (χ4v) is 1.73. The van der Waals surface area contributed by atoms with E-state index >= 15 is 0 Å². The summed E-state index contributed by atoms with van der Waals surface area (Å²) in [6.45, 7) is 1.92. The van der Waals surface area contributed by atoms with Gasteiger partial charge in [-0.25, -0.2) is 4.98 Å². The summed E-state index contributed by atoms with van der Waals surface area (Å²) in [5.74, 6) is 0.469. The van der Waals surface area contributed by atoms with Gasteiger partial charge in [0.15, 0.2) is 0 Å². The number of imidazole rings is 1. The molecule has 0 aliphatic rings. The van der Waals surface area contributed by atoms with E-state index in [0.29, 0.717) is 5.82 Å². The van der Waals surface area contributed by atoms with Crippen LogP contribution in [0.4, 0.5) is 5.82 Å². The second-order valence-electron chi connectivity index (χ2n) is 3.93. The molecule has 84 valence electrons. The Balaban J connectivity index is 2.16. The minimum absolute atomic E-state index is 0.469. The number of nitrogens with zero attached hydrogens (tertiary/aromatic N) is 3. The number of nitrogen functional groups attached to an aromatic ring is 1. The maximum absolute atomic E-state index is 5.65. The number of anilines is 1. The van der Waals surface area contributed by atoms with Crippen LogP contribution in [-0.2, 0) is 0 Å². The van der Waals surface area contributed by atoms with Gasteiger partial charge in [0.1, 0.15) is 5.82 Å². The normalized spacial score (nSPS) is 10.9. The molecule has 5 heteroatoms. The molecule has 2 heterocycles. The summed E-state index contributed by atoms with van der Waals surface area (Å²) in [7, 11) is 0. The van der Waals surface area contributed by atoms with Crippen molar-refractivity contribution in [2.45, 2.75) is 6.92 Å². The fraction of sp³-hybridized carbons (Fsp3) is 0.0833. The summed E-state index contributed by atoms with van der Waals surface area (Å²) < 4.78 is 0. The molecule has 0 bridgehead atoms. The number of fused-ring (bicyclic) bond motifs is 1. The van der Waals surface area contributed by atoms with Crippen molar-refractivity contribution in [2.24, 2.45) is 0 Å². The van der Waals surface area contributed by atoms with Crippen molar-refractivity contribution in [3.05, 3.63) is 36.2 Å². The third-order valence-electron chi connectivity index (χ3n) is 2.74. The standard InChI is InChI=1S/C12H11N5/c1-7-4-10(16-17-12(7)13)8-2-3-9-11(5-8)15-6-14-9/h2-6H,1H3,(H2,13,17)(H,14,15). The first-order valence-corrected chi connectivity index (χ1v) is 5.27. The molecule has 0 unspecified atom stereocenters. The molecule has 0 amide bonds. The number of H-pyrrole nitrogens is 1. The van der Waals surface area contributed by atoms with Gasteiger partial charge in [0.25, 0.3) is 0 Å². The van der Waals surface area contributed by atoms with E-state index in [1.165, 1.54) is 0 Å². The van der Waals surface area contributed by atoms with Gasteiger partial charge in [-0.05, 0) is 30.7 Å². The van der Waals surface area contributed by atoms with Gasteiger partial charge in [-0.15, -0.1) is 10.2 Å². The maximum Gasteiger partial charge on any atom is 0.149 e. The lowest BCUT2D eigenvalue weighted by Crippen LogP contribution is -1.97. The van der Waals surface area contributed by atoms with E-state index in [0.717, 1.165) is 27.9 Å². The summed E-state index contributed by atoms with van der Waals surface area (Å²) >= 11 is 0. The summed E-state index contributed by atoms with van der Waals surface area (Å²) in [5.41, 5.74) is 10.3. The van der Waals surface area contributed by atoms with Gasteiger partial charge in [0.05, 0.1) is 23.1 Å². The molecule has 0 saturated carbocycles. The summed E-state index contributed by atoms with van der Waals surface area (Å²) in [6.07, 6.45) is 1.67. The van der Waals surface area contributed by atoms with E-state index in [9.17, 15) is 0 Å². The van der Waals surface area contributed by atoms with Crippen LogP contribution in [0.1, 0.15) is 5.56 Å². The van der Waals surface area contributed by atoms with E-state index in [-0.39, 0.29) is 0 Å². The third-order valence-corrected chi connectivity index (χ3v) is 2.74. The van der Waals surface area contributed by atoms with Crippen molar-refractivity contribution in [1.29, 1.82) is 0 Å². The highest BCUT2D eigenvalue weighted by Gasteiger charge is 2.05. The van der Waals surface area contributed by atoms with Crippen LogP contribution in [0.2, 0.25) is 0 Å². The first kappa shape index (κ1) is 9.77. The van der Waals surface area contributed by atoms with Crippen LogP contribution in [0.5, 0.6) is 0 Å². The highest BCUT2D eigenvalue weighted by molar-refractivity contribution is 5.80. The van der Waals surface area contributed by atoms with E-state index in [4.69, 9.17) is 5.73 Å². The van der Waals surface area contributed by atoms with Crippen LogP contribution in [0, 0.1) is 6.92 Å². The molecule has 0 aliphatic carbocycles. The Hall–Kier alpha value is -2.43. The molecular weight excluding hydrogens is 214 g/mol. The van der Waals surface area contributed by atoms with Gasteiger partial charge in [-0.2, -0.15) is 0 Å². The molecule has 3 aromatic rings.